The minimum Gasteiger partial charge on any atom is -0.0464 e. The van der Waals surface area contributed by atoms with Crippen LogP contribution in [0, 0.1) is 71.0 Å². The first-order valence-corrected chi connectivity index (χ1v) is 6.97. The molecule has 6 aliphatic carbocycles. The summed E-state index contributed by atoms with van der Waals surface area (Å²) < 4.78 is 0. The van der Waals surface area contributed by atoms with Gasteiger partial charge in [0.05, 0.1) is 0 Å². The van der Waals surface area contributed by atoms with Crippen molar-refractivity contribution in [2.24, 2.45) is 71.0 Å². The van der Waals surface area contributed by atoms with E-state index >= 15 is 0 Å². The lowest BCUT2D eigenvalue weighted by molar-refractivity contribution is -0.297. The Kier molecular flexibility index (Phi) is 0.548. The average molecular weight is 184 g/mol. The van der Waals surface area contributed by atoms with Crippen molar-refractivity contribution >= 4 is 0 Å². The second-order valence-corrected chi connectivity index (χ2v) is 7.75. The Morgan fingerprint density at radius 2 is 0.571 bits per heavy atom. The van der Waals surface area contributed by atoms with Crippen LogP contribution in [0.4, 0.5) is 0 Å². The van der Waals surface area contributed by atoms with Crippen molar-refractivity contribution in [3.63, 3.8) is 0 Å². The van der Waals surface area contributed by atoms with Gasteiger partial charge in [-0.3, -0.25) is 0 Å². The Morgan fingerprint density at radius 3 is 0.786 bits per heavy atom. The van der Waals surface area contributed by atoms with Crippen LogP contribution in [0.25, 0.3) is 0 Å². The zero-order chi connectivity index (χ0) is 8.34. The molecule has 6 fully saturated rings. The Morgan fingerprint density at radius 1 is 0.357 bits per heavy atom. The number of rotatable bonds is 0. The van der Waals surface area contributed by atoms with Gasteiger partial charge in [0.2, 0.25) is 0 Å². The highest BCUT2D eigenvalue weighted by Gasteiger charge is 2.88. The molecule has 0 heterocycles. The summed E-state index contributed by atoms with van der Waals surface area (Å²) in [5.41, 5.74) is 0. The molecule has 6 rings (SSSR count). The standard InChI is InChI=1S/C14H16/c1-3-7-9-4(1)10-8(3)12-5-2-6(14(10)12)13(9)11(5)7/h3-14H,1-2H2. The minimum atomic E-state index is 1.28. The average Bonchev–Trinajstić information content (AvgIpc) is 2.57. The molecule has 0 saturated heterocycles. The van der Waals surface area contributed by atoms with E-state index in [1.54, 1.807) is 12.8 Å². The molecule has 0 aromatic rings. The summed E-state index contributed by atoms with van der Waals surface area (Å²) in [5, 5.41) is 0. The molecule has 0 aromatic carbocycles. The topological polar surface area (TPSA) is 0 Å². The fourth-order valence-electron chi connectivity index (χ4n) is 9.24. The zero-order valence-electron chi connectivity index (χ0n) is 8.34. The third-order valence-electron chi connectivity index (χ3n) is 8.60. The van der Waals surface area contributed by atoms with Crippen molar-refractivity contribution in [3.05, 3.63) is 0 Å². The van der Waals surface area contributed by atoms with E-state index in [-0.39, 0.29) is 0 Å². The molecule has 0 heteroatoms. The van der Waals surface area contributed by atoms with E-state index < -0.39 is 0 Å². The maximum atomic E-state index is 1.71. The van der Waals surface area contributed by atoms with Crippen LogP contribution in [-0.2, 0) is 0 Å². The lowest BCUT2D eigenvalue weighted by atomic mass is 9.28. The van der Waals surface area contributed by atoms with Crippen LogP contribution in [0.5, 0.6) is 0 Å². The molecule has 14 heavy (non-hydrogen) atoms. The maximum absolute atomic E-state index is 1.71. The Balaban J connectivity index is 1.68. The summed E-state index contributed by atoms with van der Waals surface area (Å²) in [6.45, 7) is 0. The Labute approximate surface area is 84.4 Å². The Bertz CT molecular complexity index is 277. The summed E-state index contributed by atoms with van der Waals surface area (Å²) >= 11 is 0. The van der Waals surface area contributed by atoms with Crippen molar-refractivity contribution in [2.45, 2.75) is 12.8 Å². The van der Waals surface area contributed by atoms with Crippen LogP contribution < -0.4 is 0 Å². The summed E-state index contributed by atoms with van der Waals surface area (Å²) in [5.74, 6) is 15.6. The van der Waals surface area contributed by atoms with Crippen molar-refractivity contribution in [2.75, 3.05) is 0 Å². The van der Waals surface area contributed by atoms with Crippen molar-refractivity contribution in [1.82, 2.24) is 0 Å². The molecule has 0 unspecified atom stereocenters. The van der Waals surface area contributed by atoms with Gasteiger partial charge in [-0.15, -0.1) is 0 Å². The molecule has 0 radical (unpaired) electrons. The van der Waals surface area contributed by atoms with Gasteiger partial charge in [-0.05, 0) is 83.9 Å². The first kappa shape index (κ1) is 5.92. The lowest BCUT2D eigenvalue weighted by Gasteiger charge is -2.76. The number of hydrogen-bond donors (Lipinski definition) is 0. The van der Waals surface area contributed by atoms with E-state index in [2.05, 4.69) is 0 Å². The van der Waals surface area contributed by atoms with E-state index in [0.29, 0.717) is 0 Å². The van der Waals surface area contributed by atoms with Gasteiger partial charge in [-0.1, -0.05) is 0 Å². The third kappa shape index (κ3) is 0.280. The molecule has 6 saturated carbocycles. The molecular weight excluding hydrogens is 168 g/mol. The van der Waals surface area contributed by atoms with Gasteiger partial charge in [-0.25, -0.2) is 0 Å². The molecule has 6 aliphatic rings. The highest BCUT2D eigenvalue weighted by Crippen LogP contribution is 2.92. The molecule has 0 atom stereocenters. The summed E-state index contributed by atoms with van der Waals surface area (Å²) in [7, 11) is 0. The zero-order valence-corrected chi connectivity index (χ0v) is 8.34. The van der Waals surface area contributed by atoms with Crippen LogP contribution in [0.15, 0.2) is 0 Å². The second kappa shape index (κ2) is 1.30. The van der Waals surface area contributed by atoms with Crippen LogP contribution >= 0.6 is 0 Å². The molecular formula is C14H16. The Hall–Kier alpha value is 0. The molecule has 0 N–H and O–H groups in total. The smallest absolute Gasteiger partial charge is 0.0315 e. The highest BCUT2D eigenvalue weighted by molar-refractivity contribution is 5.35. The van der Waals surface area contributed by atoms with Gasteiger partial charge in [0, 0.05) is 0 Å². The van der Waals surface area contributed by atoms with Gasteiger partial charge >= 0.3 is 0 Å². The van der Waals surface area contributed by atoms with E-state index in [4.69, 9.17) is 0 Å². The fraction of sp³-hybridized carbons (Fsp3) is 1.00. The molecule has 4 bridgehead atoms. The van der Waals surface area contributed by atoms with Crippen molar-refractivity contribution < 1.29 is 0 Å². The SMILES string of the molecule is C1C2C3C4C1C1C2C2C5CC(C4C53)C12. The van der Waals surface area contributed by atoms with Crippen molar-refractivity contribution in [3.8, 4) is 0 Å². The highest BCUT2D eigenvalue weighted by atomic mass is 14.9. The first-order valence-electron chi connectivity index (χ1n) is 6.97. The summed E-state index contributed by atoms with van der Waals surface area (Å²) in [6, 6.07) is 0. The molecule has 0 aromatic heterocycles. The predicted octanol–water partition coefficient (Wildman–Crippen LogP) is 2.26. The van der Waals surface area contributed by atoms with Crippen LogP contribution in [-0.4, -0.2) is 0 Å². The second-order valence-electron chi connectivity index (χ2n) is 7.75. The maximum Gasteiger partial charge on any atom is -0.0315 e. The number of fused-ring (bicyclic) bond motifs is 20. The first-order chi connectivity index (χ1) is 6.97. The monoisotopic (exact) mass is 184 g/mol. The summed E-state index contributed by atoms with van der Waals surface area (Å²) in [4.78, 5) is 0. The molecule has 0 spiro atoms. The number of hydrogen-bond acceptors (Lipinski definition) is 0. The minimum absolute atomic E-state index is 1.28. The van der Waals surface area contributed by atoms with E-state index in [1.165, 1.54) is 71.0 Å². The van der Waals surface area contributed by atoms with E-state index in [0.717, 1.165) is 0 Å². The molecule has 72 valence electrons. The lowest BCUT2D eigenvalue weighted by Crippen LogP contribution is -2.73. The van der Waals surface area contributed by atoms with Gasteiger partial charge in [-0.2, -0.15) is 0 Å². The molecule has 0 nitrogen and oxygen atoms in total. The largest absolute Gasteiger partial charge is 0.0464 e. The van der Waals surface area contributed by atoms with E-state index in [1.807, 2.05) is 0 Å². The van der Waals surface area contributed by atoms with Crippen molar-refractivity contribution in [1.29, 1.82) is 0 Å². The van der Waals surface area contributed by atoms with Crippen LogP contribution in [0.2, 0.25) is 0 Å². The van der Waals surface area contributed by atoms with Crippen LogP contribution in [0.3, 0.4) is 0 Å². The predicted molar refractivity (Wildman–Crippen MR) is 51.1 cm³/mol. The van der Waals surface area contributed by atoms with Gasteiger partial charge in [0.1, 0.15) is 0 Å². The van der Waals surface area contributed by atoms with Gasteiger partial charge < -0.3 is 0 Å². The normalized spacial score (nSPS) is 96.0. The fourth-order valence-corrected chi connectivity index (χ4v) is 9.24. The van der Waals surface area contributed by atoms with Gasteiger partial charge in [0.15, 0.2) is 0 Å². The van der Waals surface area contributed by atoms with Gasteiger partial charge in [0.25, 0.3) is 0 Å². The van der Waals surface area contributed by atoms with Crippen LogP contribution in [0.1, 0.15) is 12.8 Å². The third-order valence-corrected chi connectivity index (χ3v) is 8.60. The van der Waals surface area contributed by atoms with E-state index in [9.17, 15) is 0 Å². The summed E-state index contributed by atoms with van der Waals surface area (Å²) in [6.07, 6.45) is 3.42. The molecule has 0 aliphatic heterocycles. The molecule has 0 amide bonds. The quantitative estimate of drug-likeness (QED) is 0.507.